The summed E-state index contributed by atoms with van der Waals surface area (Å²) >= 11 is 6.62. The molecule has 1 aliphatic rings. The van der Waals surface area contributed by atoms with Crippen LogP contribution < -0.4 is 9.64 Å². The summed E-state index contributed by atoms with van der Waals surface area (Å²) < 4.78 is 5.95. The van der Waals surface area contributed by atoms with Crippen molar-refractivity contribution in [1.82, 2.24) is 4.98 Å². The lowest BCUT2D eigenvalue weighted by atomic mass is 10.2. The average molecular weight is 354 g/mol. The molecule has 0 atom stereocenters. The van der Waals surface area contributed by atoms with Crippen LogP contribution in [0.2, 0.25) is 0 Å². The summed E-state index contributed by atoms with van der Waals surface area (Å²) in [6.07, 6.45) is 6.80. The molecule has 2 aromatic rings. The van der Waals surface area contributed by atoms with Crippen molar-refractivity contribution in [3.05, 3.63) is 71.9 Å². The third kappa shape index (κ3) is 3.55. The molecule has 2 heterocycles. The van der Waals surface area contributed by atoms with Crippen molar-refractivity contribution in [2.45, 2.75) is 0 Å². The van der Waals surface area contributed by atoms with E-state index in [1.54, 1.807) is 24.5 Å². The van der Waals surface area contributed by atoms with Crippen molar-refractivity contribution >= 4 is 46.0 Å². The molecule has 3 rings (SSSR count). The van der Waals surface area contributed by atoms with E-state index in [1.165, 1.54) is 16.7 Å². The predicted molar refractivity (Wildman–Crippen MR) is 102 cm³/mol. The first-order valence-corrected chi connectivity index (χ1v) is 8.43. The summed E-state index contributed by atoms with van der Waals surface area (Å²) in [7, 11) is 0. The van der Waals surface area contributed by atoms with Crippen LogP contribution in [0, 0.1) is 0 Å². The number of hydrogen-bond donors (Lipinski definition) is 0. The molecule has 0 saturated carbocycles. The van der Waals surface area contributed by atoms with E-state index in [1.807, 2.05) is 36.4 Å². The lowest BCUT2D eigenvalue weighted by Crippen LogP contribution is -2.27. The minimum absolute atomic E-state index is 0.134. The number of amides is 1. The van der Waals surface area contributed by atoms with Crippen LogP contribution in [0.15, 0.2) is 66.4 Å². The molecule has 1 fully saturated rings. The smallest absolute Gasteiger partial charge is 0.270 e. The Morgan fingerprint density at radius 1 is 1.29 bits per heavy atom. The van der Waals surface area contributed by atoms with Crippen molar-refractivity contribution in [2.24, 2.45) is 0 Å². The fraction of sp³-hybridized carbons (Fsp3) is 0.0556. The molecule has 1 aliphatic heterocycles. The van der Waals surface area contributed by atoms with E-state index >= 15 is 0 Å². The SMILES string of the molecule is C=CCOc1ccc(/C=C2\SC(=S)N(c3cccnc3)C2=O)cc1. The normalized spacial score (nSPS) is 15.8. The first-order valence-electron chi connectivity index (χ1n) is 7.21. The monoisotopic (exact) mass is 354 g/mol. The topological polar surface area (TPSA) is 42.4 Å². The van der Waals surface area contributed by atoms with Gasteiger partial charge in [-0.2, -0.15) is 0 Å². The molecule has 0 aliphatic carbocycles. The number of rotatable bonds is 5. The van der Waals surface area contributed by atoms with Gasteiger partial charge in [0, 0.05) is 6.20 Å². The quantitative estimate of drug-likeness (QED) is 0.460. The Morgan fingerprint density at radius 3 is 2.75 bits per heavy atom. The van der Waals surface area contributed by atoms with Gasteiger partial charge in [-0.3, -0.25) is 14.7 Å². The lowest BCUT2D eigenvalue weighted by molar-refractivity contribution is -0.113. The second kappa shape index (κ2) is 7.42. The van der Waals surface area contributed by atoms with Crippen LogP contribution in [0.25, 0.3) is 6.08 Å². The highest BCUT2D eigenvalue weighted by Crippen LogP contribution is 2.35. The Labute approximate surface area is 149 Å². The van der Waals surface area contributed by atoms with Crippen LogP contribution in [0.4, 0.5) is 5.69 Å². The fourth-order valence-electron chi connectivity index (χ4n) is 2.14. The van der Waals surface area contributed by atoms with Crippen molar-refractivity contribution < 1.29 is 9.53 Å². The second-order valence-corrected chi connectivity index (χ2v) is 6.57. The highest BCUT2D eigenvalue weighted by molar-refractivity contribution is 8.27. The van der Waals surface area contributed by atoms with E-state index < -0.39 is 0 Å². The van der Waals surface area contributed by atoms with Gasteiger partial charge in [0.25, 0.3) is 5.91 Å². The van der Waals surface area contributed by atoms with Crippen molar-refractivity contribution in [3.63, 3.8) is 0 Å². The minimum atomic E-state index is -0.134. The van der Waals surface area contributed by atoms with Gasteiger partial charge in [-0.15, -0.1) is 0 Å². The lowest BCUT2D eigenvalue weighted by Gasteiger charge is -2.13. The maximum absolute atomic E-state index is 12.6. The van der Waals surface area contributed by atoms with Gasteiger partial charge in [0.05, 0.1) is 16.8 Å². The summed E-state index contributed by atoms with van der Waals surface area (Å²) in [6.45, 7) is 4.07. The number of thiocarbonyl (C=S) groups is 1. The van der Waals surface area contributed by atoms with Gasteiger partial charge >= 0.3 is 0 Å². The van der Waals surface area contributed by atoms with Crippen LogP contribution >= 0.6 is 24.0 Å². The first-order chi connectivity index (χ1) is 11.7. The first kappa shape index (κ1) is 16.4. The minimum Gasteiger partial charge on any atom is -0.490 e. The zero-order valence-electron chi connectivity index (χ0n) is 12.7. The predicted octanol–water partition coefficient (Wildman–Crippen LogP) is 4.05. The Kier molecular flexibility index (Phi) is 5.08. The van der Waals surface area contributed by atoms with Crippen molar-refractivity contribution in [1.29, 1.82) is 0 Å². The number of hydrogen-bond acceptors (Lipinski definition) is 5. The number of aromatic nitrogens is 1. The highest BCUT2D eigenvalue weighted by Gasteiger charge is 2.33. The number of ether oxygens (including phenoxy) is 1. The average Bonchev–Trinajstić information content (AvgIpc) is 2.88. The molecule has 1 aromatic heterocycles. The number of nitrogens with zero attached hydrogens (tertiary/aromatic N) is 2. The number of carbonyl (C=O) groups excluding carboxylic acids is 1. The van der Waals surface area contributed by atoms with Crippen LogP contribution in [0.1, 0.15) is 5.56 Å². The van der Waals surface area contributed by atoms with E-state index in [4.69, 9.17) is 17.0 Å². The molecule has 0 spiro atoms. The molecule has 1 saturated heterocycles. The largest absolute Gasteiger partial charge is 0.490 e. The van der Waals surface area contributed by atoms with E-state index in [2.05, 4.69) is 11.6 Å². The van der Waals surface area contributed by atoms with Gasteiger partial charge in [0.1, 0.15) is 12.4 Å². The third-order valence-electron chi connectivity index (χ3n) is 3.24. The molecule has 4 nitrogen and oxygen atoms in total. The van der Waals surface area contributed by atoms with Gasteiger partial charge < -0.3 is 4.74 Å². The molecule has 0 N–H and O–H groups in total. The van der Waals surface area contributed by atoms with E-state index in [0.717, 1.165) is 11.3 Å². The Hall–Kier alpha value is -2.44. The summed E-state index contributed by atoms with van der Waals surface area (Å²) in [5.74, 6) is 0.625. The molecule has 1 amide bonds. The molecule has 0 radical (unpaired) electrons. The summed E-state index contributed by atoms with van der Waals surface area (Å²) in [5.41, 5.74) is 1.59. The molecule has 120 valence electrons. The van der Waals surface area contributed by atoms with Gasteiger partial charge in [0.15, 0.2) is 4.32 Å². The molecule has 1 aromatic carbocycles. The zero-order chi connectivity index (χ0) is 16.9. The van der Waals surface area contributed by atoms with E-state index in [-0.39, 0.29) is 5.91 Å². The molecular weight excluding hydrogens is 340 g/mol. The van der Waals surface area contributed by atoms with E-state index in [0.29, 0.717) is 21.5 Å². The van der Waals surface area contributed by atoms with Crippen LogP contribution in [0.5, 0.6) is 5.75 Å². The Morgan fingerprint density at radius 2 is 2.08 bits per heavy atom. The number of pyridine rings is 1. The maximum Gasteiger partial charge on any atom is 0.270 e. The Balaban J connectivity index is 1.80. The summed E-state index contributed by atoms with van der Waals surface area (Å²) in [5, 5.41) is 0. The van der Waals surface area contributed by atoms with Crippen LogP contribution in [0.3, 0.4) is 0 Å². The van der Waals surface area contributed by atoms with Crippen LogP contribution in [-0.4, -0.2) is 21.8 Å². The highest BCUT2D eigenvalue weighted by atomic mass is 32.2. The van der Waals surface area contributed by atoms with Crippen molar-refractivity contribution in [3.8, 4) is 5.75 Å². The molecule has 0 unspecified atom stereocenters. The maximum atomic E-state index is 12.6. The number of anilines is 1. The number of benzene rings is 1. The number of carbonyl (C=O) groups is 1. The zero-order valence-corrected chi connectivity index (χ0v) is 14.3. The molecule has 0 bridgehead atoms. The Bertz CT molecular complexity index is 802. The van der Waals surface area contributed by atoms with Gasteiger partial charge in [-0.25, -0.2) is 0 Å². The molecular formula is C18H14N2O2S2. The standard InChI is InChI=1S/C18H14N2O2S2/c1-2-10-22-15-7-5-13(6-8-15)11-16-17(21)20(18(23)24-16)14-4-3-9-19-12-14/h2-9,11-12H,1,10H2/b16-11-. The third-order valence-corrected chi connectivity index (χ3v) is 4.55. The number of thioether (sulfide) groups is 1. The van der Waals surface area contributed by atoms with Crippen molar-refractivity contribution in [2.75, 3.05) is 11.5 Å². The van der Waals surface area contributed by atoms with E-state index in [9.17, 15) is 4.79 Å². The summed E-state index contributed by atoms with van der Waals surface area (Å²) in [6, 6.07) is 11.1. The fourth-order valence-corrected chi connectivity index (χ4v) is 3.44. The van der Waals surface area contributed by atoms with Gasteiger partial charge in [-0.1, -0.05) is 48.8 Å². The summed E-state index contributed by atoms with van der Waals surface area (Å²) in [4.78, 5) is 18.7. The second-order valence-electron chi connectivity index (χ2n) is 4.90. The molecule has 6 heteroatoms. The molecule has 24 heavy (non-hydrogen) atoms. The van der Waals surface area contributed by atoms with Gasteiger partial charge in [0.2, 0.25) is 0 Å². The van der Waals surface area contributed by atoms with Crippen LogP contribution in [-0.2, 0) is 4.79 Å². The van der Waals surface area contributed by atoms with Gasteiger partial charge in [-0.05, 0) is 35.9 Å².